The van der Waals surface area contributed by atoms with Crippen molar-refractivity contribution in [3.63, 3.8) is 0 Å². The van der Waals surface area contributed by atoms with Gasteiger partial charge in [-0.05, 0) is 0 Å². The summed E-state index contributed by atoms with van der Waals surface area (Å²) < 4.78 is 16.1. The third-order valence-electron chi connectivity index (χ3n) is 1.87. The summed E-state index contributed by atoms with van der Waals surface area (Å²) in [7, 11) is -3.43. The van der Waals surface area contributed by atoms with Crippen molar-refractivity contribution < 1.29 is 18.8 Å². The van der Waals surface area contributed by atoms with Gasteiger partial charge in [0, 0.05) is 25.0 Å². The van der Waals surface area contributed by atoms with Gasteiger partial charge in [-0.1, -0.05) is 20.8 Å². The minimum absolute atomic E-state index is 0. The Kier molecular flexibility index (Phi) is 9.69. The molecule has 1 amide bonds. The molecule has 0 radical (unpaired) electrons. The van der Waals surface area contributed by atoms with Crippen molar-refractivity contribution in [2.45, 2.75) is 27.7 Å². The molecule has 0 fully saturated rings. The predicted molar refractivity (Wildman–Crippen MR) is 67.3 cm³/mol. The second kappa shape index (κ2) is 8.06. The molecule has 0 heterocycles. The van der Waals surface area contributed by atoms with E-state index in [0.29, 0.717) is 6.54 Å². The van der Waals surface area contributed by atoms with Crippen LogP contribution in [-0.4, -0.2) is 67.9 Å². The monoisotopic (exact) mass is 279 g/mol. The fraction of sp³-hybridized carbons (Fsp3) is 0.889. The quantitative estimate of drug-likeness (QED) is 0.547. The van der Waals surface area contributed by atoms with Gasteiger partial charge < -0.3 is 14.7 Å². The maximum absolute atomic E-state index is 11.2. The van der Waals surface area contributed by atoms with E-state index >= 15 is 0 Å². The van der Waals surface area contributed by atoms with E-state index in [-0.39, 0.29) is 61.8 Å². The van der Waals surface area contributed by atoms with Crippen LogP contribution in [0.25, 0.3) is 0 Å². The zero-order valence-corrected chi connectivity index (χ0v) is 10.6. The molecule has 0 rings (SSSR count). The Morgan fingerprint density at radius 1 is 1.50 bits per heavy atom. The Labute approximate surface area is 127 Å². The van der Waals surface area contributed by atoms with E-state index in [1.54, 1.807) is 6.92 Å². The average Bonchev–Trinajstić information content (AvgIpc) is 2.13. The molecule has 0 spiro atoms. The fourth-order valence-electron chi connectivity index (χ4n) is 0.782. The Hall–Kier alpha value is 0.880. The zero-order valence-electron chi connectivity index (χ0n) is 9.74. The summed E-state index contributed by atoms with van der Waals surface area (Å²) in [6.45, 7) is 7.32. The SMILES string of the molecule is CCP(=O)(O)OCC(C)(C)CNC(C)=O.[CaH2]. The minimum atomic E-state index is -3.43. The van der Waals surface area contributed by atoms with Crippen molar-refractivity contribution in [2.24, 2.45) is 5.41 Å². The number of nitrogens with one attached hydrogen (secondary N) is 1. The average molecular weight is 279 g/mol. The van der Waals surface area contributed by atoms with Crippen molar-refractivity contribution in [3.8, 4) is 0 Å². The molecule has 0 aromatic rings. The number of carbonyl (C=O) groups is 1. The van der Waals surface area contributed by atoms with Crippen molar-refractivity contribution in [2.75, 3.05) is 19.3 Å². The van der Waals surface area contributed by atoms with Crippen LogP contribution in [0.15, 0.2) is 0 Å². The number of carbonyl (C=O) groups excluding carboxylic acids is 1. The first-order chi connectivity index (χ1) is 6.68. The first-order valence-corrected chi connectivity index (χ1v) is 6.65. The van der Waals surface area contributed by atoms with Crippen LogP contribution in [0.3, 0.4) is 0 Å². The summed E-state index contributed by atoms with van der Waals surface area (Å²) >= 11 is 0. The van der Waals surface area contributed by atoms with Gasteiger partial charge in [0.1, 0.15) is 0 Å². The molecule has 0 aliphatic carbocycles. The molecule has 94 valence electrons. The molecule has 1 atom stereocenters. The molecule has 0 saturated heterocycles. The third-order valence-corrected chi connectivity index (χ3v) is 3.20. The van der Waals surface area contributed by atoms with Crippen molar-refractivity contribution >= 4 is 51.2 Å². The van der Waals surface area contributed by atoms with Crippen LogP contribution in [0.4, 0.5) is 0 Å². The number of hydrogen-bond donors (Lipinski definition) is 2. The zero-order chi connectivity index (χ0) is 12.1. The predicted octanol–water partition coefficient (Wildman–Crippen LogP) is 0.454. The van der Waals surface area contributed by atoms with Crippen LogP contribution in [0.5, 0.6) is 0 Å². The van der Waals surface area contributed by atoms with Gasteiger partial charge in [0.2, 0.25) is 5.91 Å². The molecule has 5 nitrogen and oxygen atoms in total. The van der Waals surface area contributed by atoms with Crippen LogP contribution in [0.1, 0.15) is 27.7 Å². The molecule has 1 unspecified atom stereocenters. The van der Waals surface area contributed by atoms with Gasteiger partial charge in [0.25, 0.3) is 0 Å². The van der Waals surface area contributed by atoms with Crippen LogP contribution in [0, 0.1) is 5.41 Å². The molecular weight excluding hydrogens is 257 g/mol. The Bertz CT molecular complexity index is 270. The van der Waals surface area contributed by atoms with E-state index in [4.69, 9.17) is 4.52 Å². The first kappa shape index (κ1) is 19.2. The Morgan fingerprint density at radius 2 is 2.00 bits per heavy atom. The second-order valence-corrected chi connectivity index (χ2v) is 6.47. The van der Waals surface area contributed by atoms with E-state index in [2.05, 4.69) is 5.32 Å². The van der Waals surface area contributed by atoms with E-state index < -0.39 is 7.60 Å². The molecule has 16 heavy (non-hydrogen) atoms. The molecule has 0 aliphatic heterocycles. The van der Waals surface area contributed by atoms with E-state index in [1.807, 2.05) is 13.8 Å². The summed E-state index contributed by atoms with van der Waals surface area (Å²) in [4.78, 5) is 19.9. The van der Waals surface area contributed by atoms with E-state index in [1.165, 1.54) is 6.92 Å². The summed E-state index contributed by atoms with van der Waals surface area (Å²) in [5.41, 5.74) is -0.348. The maximum atomic E-state index is 11.2. The molecule has 7 heteroatoms. The standard InChI is InChI=1S/C9H20NO4P.Ca.2H/c1-5-15(12,13)14-7-9(3,4)6-10-8(2)11;;;/h5-7H2,1-4H3,(H,10,11)(H,12,13);;;. The summed E-state index contributed by atoms with van der Waals surface area (Å²) in [5.74, 6) is -0.120. The van der Waals surface area contributed by atoms with Gasteiger partial charge in [0.05, 0.1) is 6.61 Å². The third kappa shape index (κ3) is 10.1. The summed E-state index contributed by atoms with van der Waals surface area (Å²) in [5, 5.41) is 2.65. The Morgan fingerprint density at radius 3 is 2.38 bits per heavy atom. The van der Waals surface area contributed by atoms with E-state index in [0.717, 1.165) is 0 Å². The number of amides is 1. The molecule has 2 N–H and O–H groups in total. The van der Waals surface area contributed by atoms with Crippen LogP contribution in [0.2, 0.25) is 0 Å². The van der Waals surface area contributed by atoms with Crippen LogP contribution in [-0.2, 0) is 13.9 Å². The van der Waals surface area contributed by atoms with Gasteiger partial charge >= 0.3 is 45.3 Å². The number of rotatable bonds is 6. The Balaban J connectivity index is 0. The van der Waals surface area contributed by atoms with Gasteiger partial charge in [0.15, 0.2) is 0 Å². The second-order valence-electron chi connectivity index (χ2n) is 4.30. The van der Waals surface area contributed by atoms with Crippen molar-refractivity contribution in [1.29, 1.82) is 0 Å². The molecule has 0 aromatic heterocycles. The summed E-state index contributed by atoms with van der Waals surface area (Å²) in [6, 6.07) is 0. The van der Waals surface area contributed by atoms with E-state index in [9.17, 15) is 14.3 Å². The van der Waals surface area contributed by atoms with Crippen LogP contribution < -0.4 is 5.32 Å². The van der Waals surface area contributed by atoms with Crippen molar-refractivity contribution in [1.82, 2.24) is 5.32 Å². The molecule has 0 saturated carbocycles. The molecule has 0 bridgehead atoms. The van der Waals surface area contributed by atoms with Gasteiger partial charge in [-0.3, -0.25) is 9.36 Å². The van der Waals surface area contributed by atoms with Crippen LogP contribution >= 0.6 is 7.60 Å². The fourth-order valence-corrected chi connectivity index (χ4v) is 1.52. The van der Waals surface area contributed by atoms with Gasteiger partial charge in [-0.25, -0.2) is 0 Å². The molecule has 0 aromatic carbocycles. The normalized spacial score (nSPS) is 14.8. The summed E-state index contributed by atoms with van der Waals surface area (Å²) in [6.07, 6.45) is 0.100. The first-order valence-electron chi connectivity index (χ1n) is 4.89. The van der Waals surface area contributed by atoms with Crippen molar-refractivity contribution in [3.05, 3.63) is 0 Å². The molecular formula is C9H22CaNO4P. The topological polar surface area (TPSA) is 75.6 Å². The molecule has 0 aliphatic rings. The van der Waals surface area contributed by atoms with Gasteiger partial charge in [-0.2, -0.15) is 0 Å². The van der Waals surface area contributed by atoms with Gasteiger partial charge in [-0.15, -0.1) is 0 Å². The number of hydrogen-bond acceptors (Lipinski definition) is 3.